The molecule has 3 rings (SSSR count). The highest BCUT2D eigenvalue weighted by Crippen LogP contribution is 2.20. The fraction of sp³-hybridized carbons (Fsp3) is 0.200. The molecule has 3 aromatic rings. The predicted molar refractivity (Wildman–Crippen MR) is 98.9 cm³/mol. The zero-order valence-corrected chi connectivity index (χ0v) is 14.5. The van der Waals surface area contributed by atoms with Gasteiger partial charge in [-0.05, 0) is 53.6 Å². The van der Waals surface area contributed by atoms with Crippen LogP contribution in [0.3, 0.4) is 0 Å². The van der Waals surface area contributed by atoms with E-state index >= 15 is 0 Å². The van der Waals surface area contributed by atoms with Gasteiger partial charge in [-0.3, -0.25) is 9.78 Å². The second-order valence-corrected chi connectivity index (χ2v) is 6.54. The minimum absolute atomic E-state index is 0.0761. The van der Waals surface area contributed by atoms with Crippen LogP contribution in [0.4, 0.5) is 0 Å². The molecule has 1 amide bonds. The maximum absolute atomic E-state index is 12.1. The van der Waals surface area contributed by atoms with Crippen molar-refractivity contribution in [1.82, 2.24) is 10.3 Å². The molecule has 1 aromatic carbocycles. The van der Waals surface area contributed by atoms with Gasteiger partial charge in [-0.15, -0.1) is 0 Å². The van der Waals surface area contributed by atoms with E-state index in [0.29, 0.717) is 13.0 Å². The van der Waals surface area contributed by atoms with E-state index in [9.17, 15) is 4.79 Å². The molecule has 0 atom stereocenters. The van der Waals surface area contributed by atoms with Crippen LogP contribution in [0.1, 0.15) is 23.1 Å². The van der Waals surface area contributed by atoms with Crippen molar-refractivity contribution in [3.8, 4) is 11.3 Å². The van der Waals surface area contributed by atoms with E-state index < -0.39 is 0 Å². The Hall–Kier alpha value is -2.46. The first-order chi connectivity index (χ1) is 11.7. The van der Waals surface area contributed by atoms with E-state index in [0.717, 1.165) is 23.2 Å². The van der Waals surface area contributed by atoms with Crippen LogP contribution < -0.4 is 5.32 Å². The summed E-state index contributed by atoms with van der Waals surface area (Å²) in [6.45, 7) is 2.61. The monoisotopic (exact) mass is 336 g/mol. The van der Waals surface area contributed by atoms with Crippen molar-refractivity contribution in [2.45, 2.75) is 26.3 Å². The minimum Gasteiger partial charge on any atom is -0.352 e. The Labute approximate surface area is 146 Å². The summed E-state index contributed by atoms with van der Waals surface area (Å²) in [5, 5.41) is 7.11. The number of carbonyl (C=O) groups is 1. The van der Waals surface area contributed by atoms with Crippen molar-refractivity contribution in [2.24, 2.45) is 0 Å². The lowest BCUT2D eigenvalue weighted by Crippen LogP contribution is -2.23. The van der Waals surface area contributed by atoms with Crippen molar-refractivity contribution >= 4 is 17.2 Å². The van der Waals surface area contributed by atoms with Crippen molar-refractivity contribution in [3.63, 3.8) is 0 Å². The van der Waals surface area contributed by atoms with E-state index in [1.54, 1.807) is 17.5 Å². The van der Waals surface area contributed by atoms with Gasteiger partial charge >= 0.3 is 0 Å². The average molecular weight is 336 g/mol. The quantitative estimate of drug-likeness (QED) is 0.726. The second-order valence-electron chi connectivity index (χ2n) is 5.76. The van der Waals surface area contributed by atoms with Gasteiger partial charge in [0.15, 0.2) is 0 Å². The third-order valence-electron chi connectivity index (χ3n) is 4.01. The van der Waals surface area contributed by atoms with Gasteiger partial charge in [-0.2, -0.15) is 11.3 Å². The number of nitrogens with zero attached hydrogens (tertiary/aromatic N) is 1. The Bertz CT molecular complexity index is 812. The number of benzene rings is 1. The fourth-order valence-corrected chi connectivity index (χ4v) is 3.23. The van der Waals surface area contributed by atoms with Gasteiger partial charge < -0.3 is 5.32 Å². The summed E-state index contributed by atoms with van der Waals surface area (Å²) in [6.07, 6.45) is 3.07. The van der Waals surface area contributed by atoms with Crippen LogP contribution in [0.5, 0.6) is 0 Å². The van der Waals surface area contributed by atoms with Gasteiger partial charge in [-0.25, -0.2) is 0 Å². The predicted octanol–water partition coefficient (Wildman–Crippen LogP) is 4.37. The smallest absolute Gasteiger partial charge is 0.220 e. The molecule has 0 unspecified atom stereocenters. The first-order valence-electron chi connectivity index (χ1n) is 8.01. The van der Waals surface area contributed by atoms with Crippen LogP contribution in [0.25, 0.3) is 11.3 Å². The molecule has 0 saturated heterocycles. The van der Waals surface area contributed by atoms with Crippen LogP contribution in [-0.4, -0.2) is 10.9 Å². The summed E-state index contributed by atoms with van der Waals surface area (Å²) in [5.41, 5.74) is 5.60. The number of thiophene rings is 1. The molecule has 0 bridgehead atoms. The zero-order chi connectivity index (χ0) is 16.8. The lowest BCUT2D eigenvalue weighted by Gasteiger charge is -2.08. The van der Waals surface area contributed by atoms with Gasteiger partial charge in [0, 0.05) is 30.1 Å². The number of pyridine rings is 1. The lowest BCUT2D eigenvalue weighted by molar-refractivity contribution is -0.121. The number of amides is 1. The van der Waals surface area contributed by atoms with Crippen LogP contribution >= 0.6 is 11.3 Å². The summed E-state index contributed by atoms with van der Waals surface area (Å²) in [7, 11) is 0. The first-order valence-corrected chi connectivity index (χ1v) is 8.95. The first kappa shape index (κ1) is 16.4. The molecule has 0 radical (unpaired) electrons. The van der Waals surface area contributed by atoms with Gasteiger partial charge in [0.2, 0.25) is 5.91 Å². The third-order valence-corrected chi connectivity index (χ3v) is 4.70. The number of aromatic nitrogens is 1. The normalized spacial score (nSPS) is 10.5. The van der Waals surface area contributed by atoms with Crippen molar-refractivity contribution < 1.29 is 4.79 Å². The highest BCUT2D eigenvalue weighted by molar-refractivity contribution is 7.08. The molecule has 122 valence electrons. The number of aryl methyl sites for hydroxylation is 2. The summed E-state index contributed by atoms with van der Waals surface area (Å²) >= 11 is 1.65. The Morgan fingerprint density at radius 2 is 2.08 bits per heavy atom. The highest BCUT2D eigenvalue weighted by atomic mass is 32.1. The topological polar surface area (TPSA) is 42.0 Å². The molecule has 3 nitrogen and oxygen atoms in total. The van der Waals surface area contributed by atoms with E-state index in [2.05, 4.69) is 40.8 Å². The summed E-state index contributed by atoms with van der Waals surface area (Å²) in [5.74, 6) is 0.0761. The minimum atomic E-state index is 0.0761. The second kappa shape index (κ2) is 7.88. The Kier molecular flexibility index (Phi) is 5.39. The molecule has 0 aliphatic heterocycles. The molecule has 0 spiro atoms. The molecular weight excluding hydrogens is 316 g/mol. The number of carbonyl (C=O) groups excluding carboxylic acids is 1. The molecule has 0 saturated carbocycles. The molecule has 0 aliphatic rings. The number of rotatable bonds is 6. The maximum Gasteiger partial charge on any atom is 0.220 e. The molecule has 0 aliphatic carbocycles. The molecule has 2 aromatic heterocycles. The van der Waals surface area contributed by atoms with Crippen molar-refractivity contribution in [3.05, 3.63) is 76.1 Å². The van der Waals surface area contributed by atoms with Crippen LogP contribution in [-0.2, 0) is 17.8 Å². The summed E-state index contributed by atoms with van der Waals surface area (Å²) < 4.78 is 0. The maximum atomic E-state index is 12.1. The Balaban J connectivity index is 1.53. The van der Waals surface area contributed by atoms with Gasteiger partial charge in [0.1, 0.15) is 0 Å². The van der Waals surface area contributed by atoms with Gasteiger partial charge in [0.05, 0.1) is 5.69 Å². The third kappa shape index (κ3) is 4.30. The Morgan fingerprint density at radius 1 is 1.21 bits per heavy atom. The molecule has 4 heteroatoms. The molecule has 2 heterocycles. The van der Waals surface area contributed by atoms with Crippen LogP contribution in [0.2, 0.25) is 0 Å². The SMILES string of the molecule is Cc1ccccc1CCC(=O)NCc1ccnc(-c2ccsc2)c1. The van der Waals surface area contributed by atoms with Gasteiger partial charge in [0.25, 0.3) is 0 Å². The van der Waals surface area contributed by atoms with E-state index in [-0.39, 0.29) is 5.91 Å². The largest absolute Gasteiger partial charge is 0.352 e. The Morgan fingerprint density at radius 3 is 2.88 bits per heavy atom. The number of nitrogens with one attached hydrogen (secondary N) is 1. The molecule has 1 N–H and O–H groups in total. The highest BCUT2D eigenvalue weighted by Gasteiger charge is 2.05. The van der Waals surface area contributed by atoms with Crippen molar-refractivity contribution in [1.29, 1.82) is 0 Å². The van der Waals surface area contributed by atoms with E-state index in [4.69, 9.17) is 0 Å². The van der Waals surface area contributed by atoms with Gasteiger partial charge in [-0.1, -0.05) is 24.3 Å². The standard InChI is InChI=1S/C20H20N2OS/c1-15-4-2-3-5-17(15)6-7-20(23)22-13-16-8-10-21-19(12-16)18-9-11-24-14-18/h2-5,8-12,14H,6-7,13H2,1H3,(H,22,23). The van der Waals surface area contributed by atoms with Crippen LogP contribution in [0.15, 0.2) is 59.4 Å². The lowest BCUT2D eigenvalue weighted by atomic mass is 10.0. The van der Waals surface area contributed by atoms with Crippen LogP contribution in [0, 0.1) is 6.92 Å². The van der Waals surface area contributed by atoms with E-state index in [1.807, 2.05) is 29.6 Å². The molecule has 24 heavy (non-hydrogen) atoms. The molecule has 0 fully saturated rings. The zero-order valence-electron chi connectivity index (χ0n) is 13.7. The van der Waals surface area contributed by atoms with Crippen molar-refractivity contribution in [2.75, 3.05) is 0 Å². The fourth-order valence-electron chi connectivity index (χ4n) is 2.58. The summed E-state index contributed by atoms with van der Waals surface area (Å²) in [4.78, 5) is 16.5. The van der Waals surface area contributed by atoms with E-state index in [1.165, 1.54) is 11.1 Å². The summed E-state index contributed by atoms with van der Waals surface area (Å²) in [6, 6.07) is 14.2. The number of hydrogen-bond acceptors (Lipinski definition) is 3. The average Bonchev–Trinajstić information content (AvgIpc) is 3.14. The number of hydrogen-bond donors (Lipinski definition) is 1. The molecular formula is C20H20N2OS.